The van der Waals surface area contributed by atoms with Gasteiger partial charge in [0.15, 0.2) is 0 Å². The average Bonchev–Trinajstić information content (AvgIpc) is 2.33. The number of carbonyl (C=O) groups excluding carboxylic acids is 1. The van der Waals surface area contributed by atoms with Crippen LogP contribution < -0.4 is 5.32 Å². The van der Waals surface area contributed by atoms with Crippen molar-refractivity contribution in [1.82, 2.24) is 5.32 Å². The third-order valence-electron chi connectivity index (χ3n) is 2.91. The molecule has 1 rings (SSSR count). The highest BCUT2D eigenvalue weighted by molar-refractivity contribution is 6.31. The number of benzene rings is 1. The SMILES string of the molecule is CCC(CC)CNC(=O)c1cc(Cl)ccc1O. The van der Waals surface area contributed by atoms with Gasteiger partial charge in [-0.2, -0.15) is 0 Å². The van der Waals surface area contributed by atoms with E-state index in [-0.39, 0.29) is 17.2 Å². The lowest BCUT2D eigenvalue weighted by Crippen LogP contribution is -2.28. The Morgan fingerprint density at radius 3 is 2.65 bits per heavy atom. The summed E-state index contributed by atoms with van der Waals surface area (Å²) in [7, 11) is 0. The van der Waals surface area contributed by atoms with Crippen molar-refractivity contribution < 1.29 is 9.90 Å². The number of phenols is 1. The Morgan fingerprint density at radius 1 is 1.41 bits per heavy atom. The van der Waals surface area contributed by atoms with Gasteiger partial charge in [-0.3, -0.25) is 4.79 Å². The van der Waals surface area contributed by atoms with E-state index in [2.05, 4.69) is 19.2 Å². The van der Waals surface area contributed by atoms with Crippen LogP contribution in [0.1, 0.15) is 37.0 Å². The molecule has 0 unspecified atom stereocenters. The van der Waals surface area contributed by atoms with Crippen LogP contribution in [0.15, 0.2) is 18.2 Å². The Hall–Kier alpha value is -1.22. The fourth-order valence-corrected chi connectivity index (χ4v) is 1.77. The van der Waals surface area contributed by atoms with Crippen LogP contribution in [0.5, 0.6) is 5.75 Å². The van der Waals surface area contributed by atoms with Crippen molar-refractivity contribution in [3.8, 4) is 5.75 Å². The molecule has 0 heterocycles. The molecule has 0 spiro atoms. The fraction of sp³-hybridized carbons (Fsp3) is 0.462. The third kappa shape index (κ3) is 3.93. The molecule has 2 N–H and O–H groups in total. The molecule has 0 aliphatic carbocycles. The second kappa shape index (κ2) is 6.50. The van der Waals surface area contributed by atoms with Crippen molar-refractivity contribution in [2.45, 2.75) is 26.7 Å². The van der Waals surface area contributed by atoms with Gasteiger partial charge in [-0.15, -0.1) is 0 Å². The molecule has 0 saturated carbocycles. The van der Waals surface area contributed by atoms with E-state index in [1.54, 1.807) is 6.07 Å². The largest absolute Gasteiger partial charge is 0.507 e. The van der Waals surface area contributed by atoms with Crippen molar-refractivity contribution in [2.24, 2.45) is 5.92 Å². The van der Waals surface area contributed by atoms with Crippen LogP contribution in [-0.2, 0) is 0 Å². The molecule has 0 aliphatic rings. The predicted octanol–water partition coefficient (Wildman–Crippen LogP) is 3.21. The molecule has 1 amide bonds. The second-order valence-corrected chi connectivity index (χ2v) is 4.49. The van der Waals surface area contributed by atoms with Crippen LogP contribution in [0.25, 0.3) is 0 Å². The monoisotopic (exact) mass is 255 g/mol. The van der Waals surface area contributed by atoms with Crippen LogP contribution >= 0.6 is 11.6 Å². The van der Waals surface area contributed by atoms with Gasteiger partial charge in [0.05, 0.1) is 5.56 Å². The molecule has 0 radical (unpaired) electrons. The Morgan fingerprint density at radius 2 is 2.06 bits per heavy atom. The number of aromatic hydroxyl groups is 1. The summed E-state index contributed by atoms with van der Waals surface area (Å²) in [4.78, 5) is 11.8. The van der Waals surface area contributed by atoms with E-state index in [0.29, 0.717) is 17.5 Å². The molecule has 0 saturated heterocycles. The zero-order valence-electron chi connectivity index (χ0n) is 10.2. The highest BCUT2D eigenvalue weighted by atomic mass is 35.5. The van der Waals surface area contributed by atoms with Gasteiger partial charge in [0.25, 0.3) is 5.91 Å². The summed E-state index contributed by atoms with van der Waals surface area (Å²) < 4.78 is 0. The molecule has 0 aromatic heterocycles. The Kier molecular flexibility index (Phi) is 5.29. The van der Waals surface area contributed by atoms with Crippen molar-refractivity contribution in [2.75, 3.05) is 6.54 Å². The second-order valence-electron chi connectivity index (χ2n) is 4.05. The van der Waals surface area contributed by atoms with Crippen LogP contribution in [-0.4, -0.2) is 17.6 Å². The number of nitrogens with one attached hydrogen (secondary N) is 1. The van der Waals surface area contributed by atoms with E-state index < -0.39 is 0 Å². The van der Waals surface area contributed by atoms with Gasteiger partial charge in [-0.1, -0.05) is 38.3 Å². The molecule has 1 aromatic rings. The number of amides is 1. The third-order valence-corrected chi connectivity index (χ3v) is 3.14. The summed E-state index contributed by atoms with van der Waals surface area (Å²) in [6.07, 6.45) is 2.05. The summed E-state index contributed by atoms with van der Waals surface area (Å²) >= 11 is 5.79. The molecule has 17 heavy (non-hydrogen) atoms. The fourth-order valence-electron chi connectivity index (χ4n) is 1.60. The van der Waals surface area contributed by atoms with E-state index in [4.69, 9.17) is 11.6 Å². The first-order chi connectivity index (χ1) is 8.08. The van der Waals surface area contributed by atoms with Gasteiger partial charge in [0.2, 0.25) is 0 Å². The number of hydrogen-bond donors (Lipinski definition) is 2. The lowest BCUT2D eigenvalue weighted by atomic mass is 10.0. The van der Waals surface area contributed by atoms with E-state index in [9.17, 15) is 9.90 Å². The van der Waals surface area contributed by atoms with Gasteiger partial charge in [0.1, 0.15) is 5.75 Å². The molecule has 0 bridgehead atoms. The van der Waals surface area contributed by atoms with E-state index in [1.807, 2.05) is 0 Å². The highest BCUT2D eigenvalue weighted by Gasteiger charge is 2.12. The standard InChI is InChI=1S/C13H18ClNO2/c1-3-9(4-2)8-15-13(17)11-7-10(14)5-6-12(11)16/h5-7,9,16H,3-4,8H2,1-2H3,(H,15,17). The minimum Gasteiger partial charge on any atom is -0.507 e. The Labute approximate surface area is 107 Å². The molecule has 0 fully saturated rings. The lowest BCUT2D eigenvalue weighted by molar-refractivity contribution is 0.0944. The van der Waals surface area contributed by atoms with E-state index >= 15 is 0 Å². The van der Waals surface area contributed by atoms with Gasteiger partial charge in [0, 0.05) is 11.6 Å². The zero-order chi connectivity index (χ0) is 12.8. The van der Waals surface area contributed by atoms with Crippen molar-refractivity contribution >= 4 is 17.5 Å². The van der Waals surface area contributed by atoms with E-state index in [1.165, 1.54) is 12.1 Å². The summed E-state index contributed by atoms with van der Waals surface area (Å²) in [5.74, 6) is 0.147. The maximum Gasteiger partial charge on any atom is 0.255 e. The van der Waals surface area contributed by atoms with Crippen molar-refractivity contribution in [3.63, 3.8) is 0 Å². The van der Waals surface area contributed by atoms with E-state index in [0.717, 1.165) is 12.8 Å². The highest BCUT2D eigenvalue weighted by Crippen LogP contribution is 2.21. The van der Waals surface area contributed by atoms with Crippen molar-refractivity contribution in [3.05, 3.63) is 28.8 Å². The summed E-state index contributed by atoms with van der Waals surface area (Å²) in [5.41, 5.74) is 0.225. The number of hydrogen-bond acceptors (Lipinski definition) is 2. The molecule has 3 nitrogen and oxygen atoms in total. The Bertz CT molecular complexity index is 389. The minimum absolute atomic E-state index is 0.0450. The van der Waals surface area contributed by atoms with Crippen molar-refractivity contribution in [1.29, 1.82) is 0 Å². The molecular weight excluding hydrogens is 238 g/mol. The van der Waals surface area contributed by atoms with Crippen LogP contribution in [0.2, 0.25) is 5.02 Å². The maximum absolute atomic E-state index is 11.8. The normalized spacial score (nSPS) is 10.6. The first-order valence-corrected chi connectivity index (χ1v) is 6.23. The molecule has 94 valence electrons. The number of phenolic OH excluding ortho intramolecular Hbond substituents is 1. The molecular formula is C13H18ClNO2. The van der Waals surface area contributed by atoms with Gasteiger partial charge in [-0.05, 0) is 24.1 Å². The number of halogens is 1. The van der Waals surface area contributed by atoms with Crippen LogP contribution in [0.4, 0.5) is 0 Å². The predicted molar refractivity (Wildman–Crippen MR) is 69.5 cm³/mol. The number of carbonyl (C=O) groups is 1. The summed E-state index contributed by atoms with van der Waals surface area (Å²) in [6.45, 7) is 4.81. The zero-order valence-corrected chi connectivity index (χ0v) is 10.9. The molecule has 1 aromatic carbocycles. The molecule has 0 aliphatic heterocycles. The van der Waals surface area contributed by atoms with Gasteiger partial charge in [-0.25, -0.2) is 0 Å². The minimum atomic E-state index is -0.281. The van der Waals surface area contributed by atoms with Gasteiger partial charge < -0.3 is 10.4 Å². The lowest BCUT2D eigenvalue weighted by Gasteiger charge is -2.13. The first kappa shape index (κ1) is 13.8. The molecule has 4 heteroatoms. The average molecular weight is 256 g/mol. The quantitative estimate of drug-likeness (QED) is 0.849. The maximum atomic E-state index is 11.8. The smallest absolute Gasteiger partial charge is 0.255 e. The van der Waals surface area contributed by atoms with Crippen LogP contribution in [0.3, 0.4) is 0 Å². The molecule has 0 atom stereocenters. The van der Waals surface area contributed by atoms with Crippen LogP contribution in [0, 0.1) is 5.92 Å². The summed E-state index contributed by atoms with van der Waals surface area (Å²) in [5, 5.41) is 12.8. The first-order valence-electron chi connectivity index (χ1n) is 5.85. The van der Waals surface area contributed by atoms with Gasteiger partial charge >= 0.3 is 0 Å². The Balaban J connectivity index is 2.66. The summed E-state index contributed by atoms with van der Waals surface area (Å²) in [6, 6.07) is 4.45. The topological polar surface area (TPSA) is 49.3 Å². The number of rotatable bonds is 5.